The van der Waals surface area contributed by atoms with Gasteiger partial charge in [0, 0.05) is 17.6 Å². The Morgan fingerprint density at radius 2 is 2.10 bits per heavy atom. The Bertz CT molecular complexity index is 649. The smallest absolute Gasteiger partial charge is 0.140 e. The molecule has 4 heteroatoms. The third-order valence-electron chi connectivity index (χ3n) is 3.11. The van der Waals surface area contributed by atoms with Crippen LogP contribution < -0.4 is 5.32 Å². The fourth-order valence-corrected chi connectivity index (χ4v) is 2.13. The van der Waals surface area contributed by atoms with E-state index in [1.165, 1.54) is 6.07 Å². The summed E-state index contributed by atoms with van der Waals surface area (Å²) < 4.78 is 13.2. The van der Waals surface area contributed by atoms with Crippen LogP contribution >= 0.6 is 11.6 Å². The van der Waals surface area contributed by atoms with Gasteiger partial charge in [0.15, 0.2) is 0 Å². The molecule has 102 valence electrons. The molecule has 0 radical (unpaired) electrons. The Kier molecular flexibility index (Phi) is 4.73. The first-order valence-electron chi connectivity index (χ1n) is 6.27. The van der Waals surface area contributed by atoms with E-state index in [4.69, 9.17) is 16.9 Å². The highest BCUT2D eigenvalue weighted by Gasteiger charge is 2.07. The van der Waals surface area contributed by atoms with E-state index in [9.17, 15) is 4.39 Å². The Morgan fingerprint density at radius 1 is 1.30 bits per heavy atom. The summed E-state index contributed by atoms with van der Waals surface area (Å²) in [4.78, 5) is 0. The number of hydrogen-bond donors (Lipinski definition) is 1. The summed E-state index contributed by atoms with van der Waals surface area (Å²) in [5, 5.41) is 12.8. The van der Waals surface area contributed by atoms with E-state index in [1.54, 1.807) is 12.1 Å². The summed E-state index contributed by atoms with van der Waals surface area (Å²) in [5.74, 6) is -0.487. The van der Waals surface area contributed by atoms with E-state index >= 15 is 0 Å². The lowest BCUT2D eigenvalue weighted by Crippen LogP contribution is -2.18. The molecular weight excluding hydrogens is 275 g/mol. The summed E-state index contributed by atoms with van der Waals surface area (Å²) >= 11 is 5.96. The molecule has 0 fully saturated rings. The molecule has 1 N–H and O–H groups in total. The number of nitrogens with zero attached hydrogens (tertiary/aromatic N) is 1. The predicted molar refractivity (Wildman–Crippen MR) is 77.8 cm³/mol. The molecular formula is C16H14ClFN2. The number of benzene rings is 2. The summed E-state index contributed by atoms with van der Waals surface area (Å²) in [7, 11) is 0. The zero-order valence-corrected chi connectivity index (χ0v) is 11.8. The summed E-state index contributed by atoms with van der Waals surface area (Å²) in [6.45, 7) is 2.59. The maximum absolute atomic E-state index is 13.2. The average molecular weight is 289 g/mol. The third kappa shape index (κ3) is 3.57. The molecule has 2 rings (SSSR count). The van der Waals surface area contributed by atoms with Crippen molar-refractivity contribution >= 4 is 11.6 Å². The minimum atomic E-state index is -0.487. The molecule has 0 saturated carbocycles. The molecule has 0 unspecified atom stereocenters. The van der Waals surface area contributed by atoms with E-state index in [0.717, 1.165) is 11.1 Å². The van der Waals surface area contributed by atoms with Crippen LogP contribution in [0.25, 0.3) is 0 Å². The molecule has 0 bridgehead atoms. The number of nitriles is 1. The monoisotopic (exact) mass is 288 g/mol. The van der Waals surface area contributed by atoms with Crippen LogP contribution in [0.4, 0.5) is 4.39 Å². The summed E-state index contributed by atoms with van der Waals surface area (Å²) in [6, 6.07) is 14.2. The second-order valence-corrected chi connectivity index (χ2v) is 5.02. The van der Waals surface area contributed by atoms with Gasteiger partial charge in [-0.3, -0.25) is 0 Å². The topological polar surface area (TPSA) is 35.8 Å². The van der Waals surface area contributed by atoms with Crippen molar-refractivity contribution in [2.24, 2.45) is 0 Å². The average Bonchev–Trinajstić information content (AvgIpc) is 2.46. The molecule has 0 spiro atoms. The summed E-state index contributed by atoms with van der Waals surface area (Å²) in [6.07, 6.45) is 0. The zero-order chi connectivity index (χ0) is 14.5. The second kappa shape index (κ2) is 6.51. The van der Waals surface area contributed by atoms with Gasteiger partial charge in [-0.15, -0.1) is 0 Å². The molecule has 0 amide bonds. The van der Waals surface area contributed by atoms with Gasteiger partial charge < -0.3 is 5.32 Å². The lowest BCUT2D eigenvalue weighted by molar-refractivity contribution is 0.572. The first-order chi connectivity index (χ1) is 9.60. The van der Waals surface area contributed by atoms with Gasteiger partial charge in [0.2, 0.25) is 0 Å². The second-order valence-electron chi connectivity index (χ2n) is 4.58. The Balaban J connectivity index is 2.04. The molecule has 0 aliphatic rings. The van der Waals surface area contributed by atoms with Gasteiger partial charge in [-0.1, -0.05) is 29.8 Å². The predicted octanol–water partition coefficient (Wildman–Crippen LogP) is 4.20. The molecule has 0 saturated heterocycles. The van der Waals surface area contributed by atoms with E-state index in [0.29, 0.717) is 11.6 Å². The van der Waals surface area contributed by atoms with Gasteiger partial charge in [-0.05, 0) is 42.3 Å². The van der Waals surface area contributed by atoms with Crippen LogP contribution in [-0.2, 0) is 6.54 Å². The maximum atomic E-state index is 13.2. The number of rotatable bonds is 4. The van der Waals surface area contributed by atoms with E-state index in [-0.39, 0.29) is 11.6 Å². The van der Waals surface area contributed by atoms with Crippen molar-refractivity contribution in [1.82, 2.24) is 5.32 Å². The highest BCUT2D eigenvalue weighted by atomic mass is 35.5. The Morgan fingerprint density at radius 3 is 2.80 bits per heavy atom. The molecule has 0 aliphatic carbocycles. The highest BCUT2D eigenvalue weighted by molar-refractivity contribution is 6.30. The molecule has 0 aromatic heterocycles. The lowest BCUT2D eigenvalue weighted by atomic mass is 10.1. The van der Waals surface area contributed by atoms with Crippen molar-refractivity contribution in [2.75, 3.05) is 0 Å². The first-order valence-corrected chi connectivity index (χ1v) is 6.65. The molecule has 1 atom stereocenters. The van der Waals surface area contributed by atoms with E-state index in [2.05, 4.69) is 5.32 Å². The minimum absolute atomic E-state index is 0.0692. The van der Waals surface area contributed by atoms with Gasteiger partial charge in [-0.2, -0.15) is 5.26 Å². The largest absolute Gasteiger partial charge is 0.306 e. The lowest BCUT2D eigenvalue weighted by Gasteiger charge is -2.14. The van der Waals surface area contributed by atoms with Crippen molar-refractivity contribution in [3.63, 3.8) is 0 Å². The number of hydrogen-bond acceptors (Lipinski definition) is 2. The fraction of sp³-hybridized carbons (Fsp3) is 0.188. The molecule has 2 aromatic rings. The van der Waals surface area contributed by atoms with Gasteiger partial charge in [0.05, 0.1) is 5.56 Å². The molecule has 2 nitrogen and oxygen atoms in total. The fourth-order valence-electron chi connectivity index (χ4n) is 1.93. The van der Waals surface area contributed by atoms with Gasteiger partial charge in [-0.25, -0.2) is 4.39 Å². The molecule has 0 heterocycles. The van der Waals surface area contributed by atoms with Crippen LogP contribution in [0.3, 0.4) is 0 Å². The van der Waals surface area contributed by atoms with Crippen molar-refractivity contribution in [3.05, 3.63) is 70.0 Å². The van der Waals surface area contributed by atoms with Crippen LogP contribution in [-0.4, -0.2) is 0 Å². The Labute approximate surface area is 122 Å². The van der Waals surface area contributed by atoms with Crippen LogP contribution in [0.5, 0.6) is 0 Å². The van der Waals surface area contributed by atoms with Crippen molar-refractivity contribution < 1.29 is 4.39 Å². The van der Waals surface area contributed by atoms with E-state index < -0.39 is 5.82 Å². The van der Waals surface area contributed by atoms with E-state index in [1.807, 2.05) is 37.3 Å². The summed E-state index contributed by atoms with van der Waals surface area (Å²) in [5.41, 5.74) is 2.02. The van der Waals surface area contributed by atoms with Crippen molar-refractivity contribution in [3.8, 4) is 6.07 Å². The standard InChI is InChI=1S/C16H14ClFN2/c1-11(13-3-2-4-15(17)8-13)20-10-12-5-6-16(18)14(7-12)9-19/h2-8,11,20H,10H2,1H3/t11-/m1/s1. The van der Waals surface area contributed by atoms with Crippen LogP contribution in [0.2, 0.25) is 5.02 Å². The van der Waals surface area contributed by atoms with Gasteiger partial charge in [0.25, 0.3) is 0 Å². The normalized spacial score (nSPS) is 11.9. The Hall–Kier alpha value is -1.89. The maximum Gasteiger partial charge on any atom is 0.140 e. The van der Waals surface area contributed by atoms with Crippen molar-refractivity contribution in [1.29, 1.82) is 5.26 Å². The minimum Gasteiger partial charge on any atom is -0.306 e. The molecule has 2 aromatic carbocycles. The van der Waals surface area contributed by atoms with Crippen LogP contribution in [0, 0.1) is 17.1 Å². The van der Waals surface area contributed by atoms with Gasteiger partial charge in [0.1, 0.15) is 11.9 Å². The van der Waals surface area contributed by atoms with Gasteiger partial charge >= 0.3 is 0 Å². The highest BCUT2D eigenvalue weighted by Crippen LogP contribution is 2.18. The molecule has 20 heavy (non-hydrogen) atoms. The number of nitrogens with one attached hydrogen (secondary N) is 1. The van der Waals surface area contributed by atoms with Crippen LogP contribution in [0.1, 0.15) is 29.7 Å². The SMILES string of the molecule is C[C@@H](NCc1ccc(F)c(C#N)c1)c1cccc(Cl)c1. The zero-order valence-electron chi connectivity index (χ0n) is 11.0. The van der Waals surface area contributed by atoms with Crippen LogP contribution in [0.15, 0.2) is 42.5 Å². The molecule has 0 aliphatic heterocycles. The quantitative estimate of drug-likeness (QED) is 0.915. The first kappa shape index (κ1) is 14.5. The third-order valence-corrected chi connectivity index (χ3v) is 3.35. The van der Waals surface area contributed by atoms with Crippen molar-refractivity contribution in [2.45, 2.75) is 19.5 Å². The number of halogens is 2.